The quantitative estimate of drug-likeness (QED) is 0.772. The molecule has 86 valence electrons. The fourth-order valence-corrected chi connectivity index (χ4v) is 1.32. The third kappa shape index (κ3) is 4.28. The van der Waals surface area contributed by atoms with Gasteiger partial charge in [0.2, 0.25) is 0 Å². The normalized spacial score (nSPS) is 15.6. The molecule has 1 atom stereocenters. The van der Waals surface area contributed by atoms with Crippen LogP contribution in [0.3, 0.4) is 0 Å². The van der Waals surface area contributed by atoms with Crippen molar-refractivity contribution in [2.45, 2.75) is 52.1 Å². The summed E-state index contributed by atoms with van der Waals surface area (Å²) in [5.74, 6) is 0. The third-order valence-corrected chi connectivity index (χ3v) is 2.09. The van der Waals surface area contributed by atoms with Gasteiger partial charge in [-0.15, -0.1) is 0 Å². The van der Waals surface area contributed by atoms with Gasteiger partial charge in [0.15, 0.2) is 6.10 Å². The molecule has 0 aromatic carbocycles. The van der Waals surface area contributed by atoms with Crippen molar-refractivity contribution in [2.75, 3.05) is 6.54 Å². The topological polar surface area (TPSA) is 23.5 Å². The summed E-state index contributed by atoms with van der Waals surface area (Å²) in [5, 5.41) is 8.89. The number of aliphatic hydroxyl groups is 1. The first kappa shape index (κ1) is 13.7. The number of aliphatic hydroxyl groups excluding tert-OH is 1. The fraction of sp³-hybridized carbons (Fsp3) is 1.00. The number of halogens is 3. The Morgan fingerprint density at radius 3 is 1.64 bits per heavy atom. The standard InChI is InChI=1S/C9H18F3NO/c1-6(2)13(7(3)4)5-8(14)9(10,11)12/h6-8,14H,5H2,1-4H3/t8-/m1/s1. The van der Waals surface area contributed by atoms with Gasteiger partial charge in [-0.05, 0) is 27.7 Å². The Labute approximate surface area is 82.7 Å². The highest BCUT2D eigenvalue weighted by Gasteiger charge is 2.39. The van der Waals surface area contributed by atoms with Crippen LogP contribution >= 0.6 is 0 Å². The lowest BCUT2D eigenvalue weighted by Crippen LogP contribution is -2.46. The minimum absolute atomic E-state index is 0.00741. The molecule has 0 saturated carbocycles. The second-order valence-electron chi connectivity index (χ2n) is 3.94. The lowest BCUT2D eigenvalue weighted by atomic mass is 10.2. The molecular formula is C9H18F3NO. The predicted octanol–water partition coefficient (Wildman–Crippen LogP) is 2.03. The first-order valence-corrected chi connectivity index (χ1v) is 4.66. The van der Waals surface area contributed by atoms with Crippen LogP contribution in [0.15, 0.2) is 0 Å². The Bertz CT molecular complexity index is 160. The van der Waals surface area contributed by atoms with Crippen molar-refractivity contribution in [3.8, 4) is 0 Å². The summed E-state index contributed by atoms with van der Waals surface area (Å²) < 4.78 is 36.2. The van der Waals surface area contributed by atoms with Crippen LogP contribution in [-0.4, -0.2) is 40.9 Å². The molecule has 0 aliphatic rings. The summed E-state index contributed by atoms with van der Waals surface area (Å²) in [6.07, 6.45) is -6.78. The molecule has 0 bridgehead atoms. The number of hydrogen-bond donors (Lipinski definition) is 1. The largest absolute Gasteiger partial charge is 0.415 e. The fourth-order valence-electron chi connectivity index (χ4n) is 1.32. The molecule has 0 heterocycles. The number of alkyl halides is 3. The Morgan fingerprint density at radius 2 is 1.43 bits per heavy atom. The molecule has 0 spiro atoms. The van der Waals surface area contributed by atoms with Crippen LogP contribution in [0.1, 0.15) is 27.7 Å². The van der Waals surface area contributed by atoms with Crippen molar-refractivity contribution in [3.05, 3.63) is 0 Å². The average molecular weight is 213 g/mol. The zero-order chi connectivity index (χ0) is 11.5. The molecule has 0 fully saturated rings. The molecule has 0 aromatic heterocycles. The van der Waals surface area contributed by atoms with E-state index in [9.17, 15) is 13.2 Å². The molecule has 0 aliphatic heterocycles. The Balaban J connectivity index is 4.31. The van der Waals surface area contributed by atoms with Crippen molar-refractivity contribution in [1.29, 1.82) is 0 Å². The minimum Gasteiger partial charge on any atom is -0.382 e. The maximum Gasteiger partial charge on any atom is 0.415 e. The van der Waals surface area contributed by atoms with E-state index in [1.807, 2.05) is 27.7 Å². The van der Waals surface area contributed by atoms with Gasteiger partial charge in [0.25, 0.3) is 0 Å². The highest BCUT2D eigenvalue weighted by atomic mass is 19.4. The van der Waals surface area contributed by atoms with Gasteiger partial charge >= 0.3 is 6.18 Å². The van der Waals surface area contributed by atoms with E-state index in [1.54, 1.807) is 4.90 Å². The van der Waals surface area contributed by atoms with E-state index in [0.29, 0.717) is 0 Å². The van der Waals surface area contributed by atoms with Gasteiger partial charge in [-0.2, -0.15) is 13.2 Å². The highest BCUT2D eigenvalue weighted by Crippen LogP contribution is 2.21. The van der Waals surface area contributed by atoms with E-state index in [-0.39, 0.29) is 18.6 Å². The molecule has 5 heteroatoms. The number of hydrogen-bond acceptors (Lipinski definition) is 2. The number of rotatable bonds is 4. The second-order valence-corrected chi connectivity index (χ2v) is 3.94. The Hall–Kier alpha value is -0.290. The van der Waals surface area contributed by atoms with E-state index in [0.717, 1.165) is 0 Å². The van der Waals surface area contributed by atoms with E-state index in [4.69, 9.17) is 5.11 Å². The summed E-state index contributed by atoms with van der Waals surface area (Å²) in [5.41, 5.74) is 0. The van der Waals surface area contributed by atoms with E-state index >= 15 is 0 Å². The van der Waals surface area contributed by atoms with Gasteiger partial charge in [-0.3, -0.25) is 4.90 Å². The molecule has 0 aromatic rings. The van der Waals surface area contributed by atoms with E-state index < -0.39 is 12.3 Å². The van der Waals surface area contributed by atoms with Crippen LogP contribution in [0.5, 0.6) is 0 Å². The summed E-state index contributed by atoms with van der Waals surface area (Å²) in [7, 11) is 0. The molecule has 1 N–H and O–H groups in total. The molecule has 0 unspecified atom stereocenters. The third-order valence-electron chi connectivity index (χ3n) is 2.09. The molecule has 2 nitrogen and oxygen atoms in total. The molecule has 0 radical (unpaired) electrons. The Morgan fingerprint density at radius 1 is 1.07 bits per heavy atom. The summed E-state index contributed by atoms with van der Waals surface area (Å²) in [6, 6.07) is -0.0148. The maximum absolute atomic E-state index is 12.1. The van der Waals surface area contributed by atoms with E-state index in [2.05, 4.69) is 0 Å². The van der Waals surface area contributed by atoms with Crippen LogP contribution in [-0.2, 0) is 0 Å². The lowest BCUT2D eigenvalue weighted by Gasteiger charge is -2.32. The first-order chi connectivity index (χ1) is 6.16. The zero-order valence-corrected chi connectivity index (χ0v) is 8.97. The zero-order valence-electron chi connectivity index (χ0n) is 8.97. The van der Waals surface area contributed by atoms with Crippen LogP contribution in [0.25, 0.3) is 0 Å². The molecule has 0 amide bonds. The van der Waals surface area contributed by atoms with Gasteiger partial charge in [0.05, 0.1) is 0 Å². The van der Waals surface area contributed by atoms with Crippen LogP contribution in [0, 0.1) is 0 Å². The van der Waals surface area contributed by atoms with E-state index in [1.165, 1.54) is 0 Å². The van der Waals surface area contributed by atoms with Crippen molar-refractivity contribution in [3.63, 3.8) is 0 Å². The maximum atomic E-state index is 12.1. The Kier molecular flexibility index (Phi) is 4.88. The highest BCUT2D eigenvalue weighted by molar-refractivity contribution is 4.75. The van der Waals surface area contributed by atoms with Gasteiger partial charge in [0, 0.05) is 18.6 Å². The van der Waals surface area contributed by atoms with Gasteiger partial charge in [-0.1, -0.05) is 0 Å². The first-order valence-electron chi connectivity index (χ1n) is 4.66. The second kappa shape index (κ2) is 4.98. The smallest absolute Gasteiger partial charge is 0.382 e. The van der Waals surface area contributed by atoms with Gasteiger partial charge in [-0.25, -0.2) is 0 Å². The minimum atomic E-state index is -4.53. The van der Waals surface area contributed by atoms with Crippen molar-refractivity contribution in [2.24, 2.45) is 0 Å². The lowest BCUT2D eigenvalue weighted by molar-refractivity contribution is -0.210. The van der Waals surface area contributed by atoms with Crippen LogP contribution in [0.2, 0.25) is 0 Å². The summed E-state index contributed by atoms with van der Waals surface area (Å²) in [4.78, 5) is 1.61. The van der Waals surface area contributed by atoms with Gasteiger partial charge in [0.1, 0.15) is 0 Å². The molecule has 0 aliphatic carbocycles. The average Bonchev–Trinajstić information content (AvgIpc) is 1.96. The SMILES string of the molecule is CC(C)N(C[C@@H](O)C(F)(F)F)C(C)C. The van der Waals surface area contributed by atoms with Crippen LogP contribution in [0.4, 0.5) is 13.2 Å². The number of nitrogens with zero attached hydrogens (tertiary/aromatic N) is 1. The van der Waals surface area contributed by atoms with Crippen LogP contribution < -0.4 is 0 Å². The molecular weight excluding hydrogens is 195 g/mol. The summed E-state index contributed by atoms with van der Waals surface area (Å²) >= 11 is 0. The monoisotopic (exact) mass is 213 g/mol. The van der Waals surface area contributed by atoms with Crippen molar-refractivity contribution >= 4 is 0 Å². The molecule has 0 saturated heterocycles. The predicted molar refractivity (Wildman–Crippen MR) is 49.0 cm³/mol. The molecule has 14 heavy (non-hydrogen) atoms. The molecule has 0 rings (SSSR count). The van der Waals surface area contributed by atoms with Gasteiger partial charge < -0.3 is 5.11 Å². The summed E-state index contributed by atoms with van der Waals surface area (Å²) in [6.45, 7) is 6.87. The van der Waals surface area contributed by atoms with Crippen molar-refractivity contribution < 1.29 is 18.3 Å². The van der Waals surface area contributed by atoms with Crippen molar-refractivity contribution in [1.82, 2.24) is 4.90 Å².